The fraction of sp³-hybridized carbons (Fsp3) is 0.458. The fourth-order valence-electron chi connectivity index (χ4n) is 3.11. The van der Waals surface area contributed by atoms with Crippen molar-refractivity contribution < 1.29 is 36.3 Å². The minimum atomic E-state index is -4.03. The Balaban J connectivity index is 2.29. The summed E-state index contributed by atoms with van der Waals surface area (Å²) < 4.78 is 52.1. The van der Waals surface area contributed by atoms with Gasteiger partial charge >= 0.3 is 6.09 Å². The van der Waals surface area contributed by atoms with Crippen molar-refractivity contribution in [2.45, 2.75) is 50.7 Å². The SMILES string of the molecule is COc1cc(C[C@@H](COS(=O)(=O)c2ccc(C)cc2)NC(=O)OC(C)(C)C)cc(OC)c1OC. The third-order valence-electron chi connectivity index (χ3n) is 4.66. The number of alkyl carbamates (subject to hydrolysis) is 1. The largest absolute Gasteiger partial charge is 0.493 e. The molecule has 188 valence electrons. The minimum absolute atomic E-state index is 0.0295. The lowest BCUT2D eigenvalue weighted by Crippen LogP contribution is -2.43. The molecular formula is C24H33NO8S. The normalized spacial score (nSPS) is 12.6. The van der Waals surface area contributed by atoms with E-state index in [9.17, 15) is 13.2 Å². The standard InChI is InChI=1S/C24H33NO8S/c1-16-8-10-19(11-9-16)34(27,28)32-15-18(25-23(26)33-24(2,3)4)12-17-13-20(29-5)22(31-7)21(14-17)30-6/h8-11,13-14,18H,12,15H2,1-7H3,(H,25,26)/t18-/m0/s1. The number of benzene rings is 2. The Morgan fingerprint density at radius 3 is 2.00 bits per heavy atom. The molecule has 0 radical (unpaired) electrons. The van der Waals surface area contributed by atoms with Gasteiger partial charge in [-0.3, -0.25) is 4.18 Å². The minimum Gasteiger partial charge on any atom is -0.493 e. The molecule has 0 aliphatic rings. The predicted octanol–water partition coefficient (Wildman–Crippen LogP) is 3.86. The highest BCUT2D eigenvalue weighted by Gasteiger charge is 2.24. The van der Waals surface area contributed by atoms with E-state index in [1.165, 1.54) is 33.5 Å². The van der Waals surface area contributed by atoms with E-state index in [4.69, 9.17) is 23.1 Å². The van der Waals surface area contributed by atoms with Crippen molar-refractivity contribution in [3.05, 3.63) is 47.5 Å². The Hall–Kier alpha value is -2.98. The molecule has 0 heterocycles. The van der Waals surface area contributed by atoms with Gasteiger partial charge in [-0.05, 0) is 63.9 Å². The van der Waals surface area contributed by atoms with Crippen LogP contribution in [0.25, 0.3) is 0 Å². The molecule has 2 aromatic rings. The topological polar surface area (TPSA) is 109 Å². The summed E-state index contributed by atoms with van der Waals surface area (Å²) in [6.07, 6.45) is -0.486. The maximum Gasteiger partial charge on any atom is 0.407 e. The van der Waals surface area contributed by atoms with Crippen LogP contribution in [0, 0.1) is 6.92 Å². The molecule has 0 aliphatic carbocycles. The van der Waals surface area contributed by atoms with Gasteiger partial charge in [-0.2, -0.15) is 8.42 Å². The van der Waals surface area contributed by atoms with E-state index < -0.39 is 27.9 Å². The lowest BCUT2D eigenvalue weighted by Gasteiger charge is -2.24. The molecule has 0 spiro atoms. The molecule has 1 amide bonds. The van der Waals surface area contributed by atoms with Crippen LogP contribution in [0.5, 0.6) is 17.2 Å². The van der Waals surface area contributed by atoms with Gasteiger partial charge < -0.3 is 24.3 Å². The second-order valence-corrected chi connectivity index (χ2v) is 10.2. The second-order valence-electron chi connectivity index (χ2n) is 8.63. The van der Waals surface area contributed by atoms with Crippen LogP contribution in [-0.2, 0) is 25.5 Å². The van der Waals surface area contributed by atoms with Gasteiger partial charge in [0.15, 0.2) is 11.5 Å². The molecule has 34 heavy (non-hydrogen) atoms. The van der Waals surface area contributed by atoms with Crippen LogP contribution in [0.1, 0.15) is 31.9 Å². The highest BCUT2D eigenvalue weighted by molar-refractivity contribution is 7.86. The molecule has 9 nitrogen and oxygen atoms in total. The zero-order valence-electron chi connectivity index (χ0n) is 20.6. The highest BCUT2D eigenvalue weighted by Crippen LogP contribution is 2.38. The van der Waals surface area contributed by atoms with Crippen LogP contribution in [0.15, 0.2) is 41.3 Å². The Kier molecular flexibility index (Phi) is 9.17. The molecule has 1 N–H and O–H groups in total. The number of nitrogens with one attached hydrogen (secondary N) is 1. The number of carbonyl (C=O) groups excluding carboxylic acids is 1. The molecule has 0 saturated heterocycles. The molecule has 2 aromatic carbocycles. The summed E-state index contributed by atoms with van der Waals surface area (Å²) in [6.45, 7) is 6.75. The Labute approximate surface area is 201 Å². The smallest absolute Gasteiger partial charge is 0.407 e. The number of hydrogen-bond acceptors (Lipinski definition) is 8. The van der Waals surface area contributed by atoms with Gasteiger partial charge in [-0.15, -0.1) is 0 Å². The van der Waals surface area contributed by atoms with E-state index in [1.54, 1.807) is 45.0 Å². The zero-order chi connectivity index (χ0) is 25.5. The van der Waals surface area contributed by atoms with Gasteiger partial charge in [-0.1, -0.05) is 17.7 Å². The average molecular weight is 496 g/mol. The van der Waals surface area contributed by atoms with Crippen molar-refractivity contribution in [3.8, 4) is 17.2 Å². The maximum atomic E-state index is 12.7. The molecule has 0 aliphatic heterocycles. The van der Waals surface area contributed by atoms with E-state index >= 15 is 0 Å². The van der Waals surface area contributed by atoms with Gasteiger partial charge in [0.2, 0.25) is 5.75 Å². The second kappa shape index (κ2) is 11.4. The molecule has 0 aromatic heterocycles. The van der Waals surface area contributed by atoms with Gasteiger partial charge in [0.1, 0.15) is 5.60 Å². The summed E-state index contributed by atoms with van der Waals surface area (Å²) in [5, 5.41) is 2.70. The van der Waals surface area contributed by atoms with Gasteiger partial charge in [0.05, 0.1) is 38.9 Å². The maximum absolute atomic E-state index is 12.7. The van der Waals surface area contributed by atoms with Gasteiger partial charge in [-0.25, -0.2) is 4.79 Å². The van der Waals surface area contributed by atoms with E-state index in [-0.39, 0.29) is 17.9 Å². The summed E-state index contributed by atoms with van der Waals surface area (Å²) in [6, 6.07) is 9.02. The third kappa shape index (κ3) is 7.81. The van der Waals surface area contributed by atoms with E-state index in [0.29, 0.717) is 22.8 Å². The molecule has 1 atom stereocenters. The van der Waals surface area contributed by atoms with E-state index in [0.717, 1.165) is 5.56 Å². The van der Waals surface area contributed by atoms with Crippen LogP contribution in [0.3, 0.4) is 0 Å². The lowest BCUT2D eigenvalue weighted by molar-refractivity contribution is 0.0488. The molecule has 0 bridgehead atoms. The quantitative estimate of drug-likeness (QED) is 0.495. The molecular weight excluding hydrogens is 462 g/mol. The number of ether oxygens (including phenoxy) is 4. The highest BCUT2D eigenvalue weighted by atomic mass is 32.2. The summed E-state index contributed by atoms with van der Waals surface area (Å²) >= 11 is 0. The van der Waals surface area contributed by atoms with Crippen LogP contribution < -0.4 is 19.5 Å². The van der Waals surface area contributed by atoms with Crippen LogP contribution in [0.4, 0.5) is 4.79 Å². The first-order valence-electron chi connectivity index (χ1n) is 10.6. The molecule has 0 unspecified atom stereocenters. The number of carbonyl (C=O) groups is 1. The molecule has 0 fully saturated rings. The lowest BCUT2D eigenvalue weighted by atomic mass is 10.1. The van der Waals surface area contributed by atoms with E-state index in [1.807, 2.05) is 6.92 Å². The Morgan fingerprint density at radius 2 is 1.53 bits per heavy atom. The van der Waals surface area contributed by atoms with Crippen molar-refractivity contribution >= 4 is 16.2 Å². The number of amides is 1. The molecule has 10 heteroatoms. The van der Waals surface area contributed by atoms with Crippen molar-refractivity contribution in [3.63, 3.8) is 0 Å². The van der Waals surface area contributed by atoms with Crippen molar-refractivity contribution in [2.24, 2.45) is 0 Å². The van der Waals surface area contributed by atoms with Crippen LogP contribution in [-0.4, -0.2) is 54.1 Å². The fourth-order valence-corrected chi connectivity index (χ4v) is 4.06. The first kappa shape index (κ1) is 27.3. The zero-order valence-corrected chi connectivity index (χ0v) is 21.4. The summed E-state index contributed by atoms with van der Waals surface area (Å²) in [5.41, 5.74) is 0.897. The first-order valence-corrected chi connectivity index (χ1v) is 12.0. The number of rotatable bonds is 10. The monoisotopic (exact) mass is 495 g/mol. The number of hydrogen-bond donors (Lipinski definition) is 1. The van der Waals surface area contributed by atoms with Crippen molar-refractivity contribution in [1.29, 1.82) is 0 Å². The van der Waals surface area contributed by atoms with Crippen LogP contribution >= 0.6 is 0 Å². The Morgan fingerprint density at radius 1 is 0.971 bits per heavy atom. The van der Waals surface area contributed by atoms with Crippen molar-refractivity contribution in [1.82, 2.24) is 5.32 Å². The van der Waals surface area contributed by atoms with Gasteiger partial charge in [0.25, 0.3) is 10.1 Å². The van der Waals surface area contributed by atoms with E-state index in [2.05, 4.69) is 5.32 Å². The third-order valence-corrected chi connectivity index (χ3v) is 5.96. The first-order chi connectivity index (χ1) is 15.9. The summed E-state index contributed by atoms with van der Waals surface area (Å²) in [4.78, 5) is 12.5. The van der Waals surface area contributed by atoms with Crippen LogP contribution in [0.2, 0.25) is 0 Å². The van der Waals surface area contributed by atoms with Gasteiger partial charge in [0, 0.05) is 0 Å². The van der Waals surface area contributed by atoms with Crippen molar-refractivity contribution in [2.75, 3.05) is 27.9 Å². The number of methoxy groups -OCH3 is 3. The average Bonchev–Trinajstić information content (AvgIpc) is 2.75. The number of aryl methyl sites for hydroxylation is 1. The molecule has 2 rings (SSSR count). The summed E-state index contributed by atoms with van der Waals surface area (Å²) in [7, 11) is 0.453. The Bertz CT molecular complexity index is 1050. The molecule has 0 saturated carbocycles. The summed E-state index contributed by atoms with van der Waals surface area (Å²) in [5.74, 6) is 1.28. The predicted molar refractivity (Wildman–Crippen MR) is 127 cm³/mol.